The molecule has 4 nitrogen and oxygen atoms in total. The maximum atomic E-state index is 12.5. The molecule has 0 aliphatic carbocycles. The van der Waals surface area contributed by atoms with Crippen LogP contribution in [0.25, 0.3) is 0 Å². The minimum Gasteiger partial charge on any atom is -0.352 e. The Morgan fingerprint density at radius 3 is 2.52 bits per heavy atom. The summed E-state index contributed by atoms with van der Waals surface area (Å²) < 4.78 is 0. The van der Waals surface area contributed by atoms with E-state index < -0.39 is 0 Å². The molecule has 2 atom stereocenters. The van der Waals surface area contributed by atoms with Gasteiger partial charge < -0.3 is 10.6 Å². The second kappa shape index (κ2) is 13.5. The molecule has 2 fully saturated rings. The number of amides is 1. The molecule has 6 heteroatoms. The van der Waals surface area contributed by atoms with Crippen molar-refractivity contribution in [3.05, 3.63) is 35.4 Å². The highest BCUT2D eigenvalue weighted by atomic mass is 35.5. The topological polar surface area (TPSA) is 44.4 Å². The van der Waals surface area contributed by atoms with E-state index in [1.165, 1.54) is 49.9 Å². The van der Waals surface area contributed by atoms with E-state index in [0.29, 0.717) is 24.8 Å². The minimum atomic E-state index is 0. The molecule has 2 aliphatic heterocycles. The van der Waals surface area contributed by atoms with Crippen LogP contribution in [0.4, 0.5) is 0 Å². The van der Waals surface area contributed by atoms with Crippen LogP contribution in [-0.2, 0) is 17.9 Å². The lowest BCUT2D eigenvalue weighted by atomic mass is 9.85. The summed E-state index contributed by atoms with van der Waals surface area (Å²) >= 11 is 0. The lowest BCUT2D eigenvalue weighted by Gasteiger charge is -2.30. The van der Waals surface area contributed by atoms with E-state index in [-0.39, 0.29) is 30.7 Å². The van der Waals surface area contributed by atoms with E-state index in [1.54, 1.807) is 0 Å². The van der Waals surface area contributed by atoms with Crippen LogP contribution in [0.5, 0.6) is 0 Å². The number of benzene rings is 1. The lowest BCUT2D eigenvalue weighted by Crippen LogP contribution is -2.35. The molecule has 2 heterocycles. The molecule has 2 saturated heterocycles. The Morgan fingerprint density at radius 1 is 1.17 bits per heavy atom. The van der Waals surface area contributed by atoms with Crippen LogP contribution in [0.3, 0.4) is 0 Å². The molecule has 1 aromatic carbocycles. The Bertz CT molecular complexity index is 600. The second-order valence-electron chi connectivity index (χ2n) is 8.79. The predicted molar refractivity (Wildman–Crippen MR) is 126 cm³/mol. The van der Waals surface area contributed by atoms with Crippen LogP contribution in [0.15, 0.2) is 24.3 Å². The van der Waals surface area contributed by atoms with Crippen LogP contribution in [0.2, 0.25) is 0 Å². The summed E-state index contributed by atoms with van der Waals surface area (Å²) in [6, 6.07) is 8.58. The summed E-state index contributed by atoms with van der Waals surface area (Å²) in [6.07, 6.45) is 5.72. The van der Waals surface area contributed by atoms with Crippen molar-refractivity contribution in [2.75, 3.05) is 26.2 Å². The molecule has 2 N–H and O–H groups in total. The molecule has 0 spiro atoms. The largest absolute Gasteiger partial charge is 0.352 e. The first-order valence-electron chi connectivity index (χ1n) is 10.9. The molecule has 166 valence electrons. The number of carbonyl (C=O) groups excluding carboxylic acids is 1. The smallest absolute Gasteiger partial charge is 0.220 e. The zero-order valence-electron chi connectivity index (χ0n) is 18.0. The quantitative estimate of drug-likeness (QED) is 0.655. The number of carbonyl (C=O) groups is 1. The van der Waals surface area contributed by atoms with Crippen LogP contribution in [0, 0.1) is 17.8 Å². The van der Waals surface area contributed by atoms with Crippen LogP contribution >= 0.6 is 24.8 Å². The number of halogens is 2. The van der Waals surface area contributed by atoms with Gasteiger partial charge in [0.25, 0.3) is 0 Å². The Balaban J connectivity index is 0.00000210. The molecule has 0 aromatic heterocycles. The Morgan fingerprint density at radius 2 is 1.86 bits per heavy atom. The fourth-order valence-corrected chi connectivity index (χ4v) is 4.43. The van der Waals surface area contributed by atoms with E-state index in [1.807, 2.05) is 0 Å². The van der Waals surface area contributed by atoms with E-state index in [9.17, 15) is 4.79 Å². The Kier molecular flexibility index (Phi) is 12.2. The Hall–Kier alpha value is -0.810. The first-order valence-corrected chi connectivity index (χ1v) is 10.9. The van der Waals surface area contributed by atoms with Gasteiger partial charge in [-0.15, -0.1) is 24.8 Å². The molecule has 2 unspecified atom stereocenters. The molecule has 0 saturated carbocycles. The summed E-state index contributed by atoms with van der Waals surface area (Å²) in [6.45, 7) is 10.8. The van der Waals surface area contributed by atoms with Crippen LogP contribution in [-0.4, -0.2) is 37.0 Å². The first-order chi connectivity index (χ1) is 13.1. The fourth-order valence-electron chi connectivity index (χ4n) is 4.43. The van der Waals surface area contributed by atoms with Crippen molar-refractivity contribution in [2.24, 2.45) is 17.8 Å². The van der Waals surface area contributed by atoms with Gasteiger partial charge in [-0.1, -0.05) is 38.1 Å². The second-order valence-corrected chi connectivity index (χ2v) is 8.79. The van der Waals surface area contributed by atoms with Crippen molar-refractivity contribution in [3.63, 3.8) is 0 Å². The van der Waals surface area contributed by atoms with Gasteiger partial charge in [0.1, 0.15) is 0 Å². The van der Waals surface area contributed by atoms with E-state index in [2.05, 4.69) is 53.6 Å². The zero-order chi connectivity index (χ0) is 19.1. The minimum absolute atomic E-state index is 0. The van der Waals surface area contributed by atoms with Gasteiger partial charge in [0.05, 0.1) is 0 Å². The third-order valence-electron chi connectivity index (χ3n) is 6.51. The SMILES string of the molecule is CC1CCN(Cc2ccccc2CNC(=O)CC(C)C2CCCNC2)CC1.Cl.Cl. The summed E-state index contributed by atoms with van der Waals surface area (Å²) in [5.41, 5.74) is 2.62. The number of likely N-dealkylation sites (tertiary alicyclic amines) is 1. The normalized spacial score (nSPS) is 21.5. The van der Waals surface area contributed by atoms with Gasteiger partial charge in [-0.2, -0.15) is 0 Å². The van der Waals surface area contributed by atoms with Crippen molar-refractivity contribution in [3.8, 4) is 0 Å². The predicted octanol–water partition coefficient (Wildman–Crippen LogP) is 4.40. The highest BCUT2D eigenvalue weighted by Gasteiger charge is 2.22. The Labute approximate surface area is 189 Å². The summed E-state index contributed by atoms with van der Waals surface area (Å²) in [5.74, 6) is 2.13. The molecule has 1 amide bonds. The number of nitrogens with one attached hydrogen (secondary N) is 2. The van der Waals surface area contributed by atoms with E-state index >= 15 is 0 Å². The van der Waals surface area contributed by atoms with Gasteiger partial charge in [0.2, 0.25) is 5.91 Å². The summed E-state index contributed by atoms with van der Waals surface area (Å²) in [4.78, 5) is 15.0. The molecule has 29 heavy (non-hydrogen) atoms. The van der Waals surface area contributed by atoms with Crippen LogP contribution in [0.1, 0.15) is 57.1 Å². The van der Waals surface area contributed by atoms with Crippen molar-refractivity contribution < 1.29 is 4.79 Å². The van der Waals surface area contributed by atoms with Gasteiger partial charge in [-0.05, 0) is 80.7 Å². The van der Waals surface area contributed by atoms with Gasteiger partial charge in [-0.25, -0.2) is 0 Å². The van der Waals surface area contributed by atoms with Crippen molar-refractivity contribution in [1.82, 2.24) is 15.5 Å². The molecule has 2 aliphatic rings. The third kappa shape index (κ3) is 8.45. The van der Waals surface area contributed by atoms with Crippen molar-refractivity contribution in [2.45, 2.75) is 59.0 Å². The molecule has 3 rings (SSSR count). The number of piperidine rings is 2. The number of nitrogens with zero attached hydrogens (tertiary/aromatic N) is 1. The molecule has 0 bridgehead atoms. The number of rotatable bonds is 7. The molecule has 1 aromatic rings. The lowest BCUT2D eigenvalue weighted by molar-refractivity contribution is -0.122. The van der Waals surface area contributed by atoms with Gasteiger partial charge in [-0.3, -0.25) is 9.69 Å². The highest BCUT2D eigenvalue weighted by Crippen LogP contribution is 2.23. The number of hydrogen-bond acceptors (Lipinski definition) is 3. The van der Waals surface area contributed by atoms with E-state index in [4.69, 9.17) is 0 Å². The van der Waals surface area contributed by atoms with Crippen molar-refractivity contribution in [1.29, 1.82) is 0 Å². The highest BCUT2D eigenvalue weighted by molar-refractivity contribution is 5.85. The van der Waals surface area contributed by atoms with E-state index in [0.717, 1.165) is 25.6 Å². The number of hydrogen-bond donors (Lipinski definition) is 2. The van der Waals surface area contributed by atoms with Gasteiger partial charge in [0, 0.05) is 19.5 Å². The average molecular weight is 444 g/mol. The van der Waals surface area contributed by atoms with Gasteiger partial charge >= 0.3 is 0 Å². The third-order valence-corrected chi connectivity index (χ3v) is 6.51. The van der Waals surface area contributed by atoms with Crippen LogP contribution < -0.4 is 10.6 Å². The standard InChI is InChI=1S/C23H37N3O.2ClH/c1-18-9-12-26(13-10-18)17-22-7-4-3-6-21(22)16-25-23(27)14-19(2)20-8-5-11-24-15-20;;/h3-4,6-7,18-20,24H,5,8-17H2,1-2H3,(H,25,27);2*1H. The average Bonchev–Trinajstić information content (AvgIpc) is 2.69. The van der Waals surface area contributed by atoms with Crippen molar-refractivity contribution >= 4 is 30.7 Å². The monoisotopic (exact) mass is 443 g/mol. The molecular formula is C23H39Cl2N3O. The van der Waals surface area contributed by atoms with Gasteiger partial charge in [0.15, 0.2) is 0 Å². The molecular weight excluding hydrogens is 405 g/mol. The fraction of sp³-hybridized carbons (Fsp3) is 0.696. The summed E-state index contributed by atoms with van der Waals surface area (Å²) in [7, 11) is 0. The maximum Gasteiger partial charge on any atom is 0.220 e. The summed E-state index contributed by atoms with van der Waals surface area (Å²) in [5, 5.41) is 6.64. The zero-order valence-corrected chi connectivity index (χ0v) is 19.6. The first kappa shape index (κ1) is 26.2. The molecule has 0 radical (unpaired) electrons. The maximum absolute atomic E-state index is 12.5.